The van der Waals surface area contributed by atoms with Crippen LogP contribution in [0.15, 0.2) is 53.1 Å². The second-order valence-electron chi connectivity index (χ2n) is 7.33. The van der Waals surface area contributed by atoms with Gasteiger partial charge < -0.3 is 14.7 Å². The van der Waals surface area contributed by atoms with Crippen LogP contribution in [0, 0.1) is 13.8 Å². The normalized spacial score (nSPS) is 11.8. The lowest BCUT2D eigenvalue weighted by molar-refractivity contribution is -0.128. The molecular weight excluding hydrogens is 430 g/mol. The molecule has 1 aromatic carbocycles. The van der Waals surface area contributed by atoms with Crippen molar-refractivity contribution in [2.24, 2.45) is 0 Å². The molecule has 2 heterocycles. The Hall–Kier alpha value is -2.58. The predicted octanol–water partition coefficient (Wildman–Crippen LogP) is 4.68. The summed E-state index contributed by atoms with van der Waals surface area (Å²) in [4.78, 5) is 29.7. The second kappa shape index (κ2) is 11.2. The Morgan fingerprint density at radius 1 is 1.19 bits per heavy atom. The van der Waals surface area contributed by atoms with Crippen LogP contribution >= 0.6 is 23.1 Å². The van der Waals surface area contributed by atoms with Crippen LogP contribution in [0.1, 0.15) is 28.0 Å². The third-order valence-electron chi connectivity index (χ3n) is 4.71. The Labute approximate surface area is 191 Å². The van der Waals surface area contributed by atoms with Crippen LogP contribution in [0.4, 0.5) is 5.82 Å². The zero-order valence-electron chi connectivity index (χ0n) is 18.0. The van der Waals surface area contributed by atoms with Crippen molar-refractivity contribution in [3.05, 3.63) is 69.6 Å². The maximum atomic E-state index is 13.0. The van der Waals surface area contributed by atoms with Gasteiger partial charge in [0.25, 0.3) is 0 Å². The van der Waals surface area contributed by atoms with Gasteiger partial charge in [-0.2, -0.15) is 0 Å². The van der Waals surface area contributed by atoms with Gasteiger partial charge in [0.15, 0.2) is 5.82 Å². The molecule has 0 aliphatic carbocycles. The van der Waals surface area contributed by atoms with E-state index in [2.05, 4.69) is 41.7 Å². The quantitative estimate of drug-likeness (QED) is 0.478. The monoisotopic (exact) mass is 457 g/mol. The number of benzene rings is 1. The van der Waals surface area contributed by atoms with Gasteiger partial charge in [-0.25, -0.2) is 0 Å². The molecule has 1 atom stereocenters. The zero-order valence-corrected chi connectivity index (χ0v) is 19.6. The van der Waals surface area contributed by atoms with E-state index in [0.29, 0.717) is 24.7 Å². The number of hydrogen-bond acceptors (Lipinski definition) is 6. The van der Waals surface area contributed by atoms with Crippen LogP contribution in [-0.4, -0.2) is 39.4 Å². The summed E-state index contributed by atoms with van der Waals surface area (Å²) in [6.45, 7) is 6.84. The van der Waals surface area contributed by atoms with Gasteiger partial charge in [0.1, 0.15) is 5.76 Å². The summed E-state index contributed by atoms with van der Waals surface area (Å²) in [6.07, 6.45) is 0.795. The second-order valence-corrected chi connectivity index (χ2v) is 10.0. The molecule has 8 heteroatoms. The number of nitrogens with one attached hydrogen (secondary N) is 1. The largest absolute Gasteiger partial charge is 0.360 e. The molecule has 1 N–H and O–H groups in total. The highest BCUT2D eigenvalue weighted by Crippen LogP contribution is 2.20. The van der Waals surface area contributed by atoms with Crippen LogP contribution in [-0.2, 0) is 22.6 Å². The highest BCUT2D eigenvalue weighted by Gasteiger charge is 2.20. The molecule has 164 valence electrons. The van der Waals surface area contributed by atoms with Gasteiger partial charge in [-0.1, -0.05) is 35.5 Å². The standard InChI is InChI=1S/C23H27N3O3S2/c1-16-13-21(25-29-16)24-23(28)18(3)30-15-22(27)26(14-20-10-9-17(2)31-20)12-11-19-7-5-4-6-8-19/h4-10,13,18H,11-12,14-15H2,1-3H3,(H,24,25,28). The van der Waals surface area contributed by atoms with Crippen molar-refractivity contribution in [3.8, 4) is 0 Å². The summed E-state index contributed by atoms with van der Waals surface area (Å²) in [5.74, 6) is 1.09. The molecule has 0 spiro atoms. The summed E-state index contributed by atoms with van der Waals surface area (Å²) in [7, 11) is 0. The highest BCUT2D eigenvalue weighted by atomic mass is 32.2. The Balaban J connectivity index is 1.56. The predicted molar refractivity (Wildman–Crippen MR) is 126 cm³/mol. The molecule has 3 rings (SSSR count). The SMILES string of the molecule is Cc1cc(NC(=O)C(C)SCC(=O)N(CCc2ccccc2)Cc2ccc(C)s2)no1. The van der Waals surface area contributed by atoms with Crippen molar-refractivity contribution in [3.63, 3.8) is 0 Å². The van der Waals surface area contributed by atoms with Crippen molar-refractivity contribution in [2.75, 3.05) is 17.6 Å². The van der Waals surface area contributed by atoms with Crippen molar-refractivity contribution < 1.29 is 14.1 Å². The highest BCUT2D eigenvalue weighted by molar-refractivity contribution is 8.01. The van der Waals surface area contributed by atoms with Gasteiger partial charge >= 0.3 is 0 Å². The summed E-state index contributed by atoms with van der Waals surface area (Å²) in [5, 5.41) is 6.10. The number of anilines is 1. The Morgan fingerprint density at radius 2 is 1.97 bits per heavy atom. The maximum Gasteiger partial charge on any atom is 0.238 e. The van der Waals surface area contributed by atoms with Crippen molar-refractivity contribution >= 4 is 40.7 Å². The van der Waals surface area contributed by atoms with Gasteiger partial charge in [0, 0.05) is 22.4 Å². The number of aromatic nitrogens is 1. The average molecular weight is 458 g/mol. The molecule has 0 saturated carbocycles. The van der Waals surface area contributed by atoms with E-state index in [1.165, 1.54) is 22.2 Å². The van der Waals surface area contributed by atoms with Gasteiger partial charge in [0.2, 0.25) is 11.8 Å². The molecule has 2 aromatic heterocycles. The number of aryl methyl sites for hydroxylation is 2. The molecule has 0 aliphatic heterocycles. The molecular formula is C23H27N3O3S2. The van der Waals surface area contributed by atoms with E-state index < -0.39 is 0 Å². The number of nitrogens with zero attached hydrogens (tertiary/aromatic N) is 2. The summed E-state index contributed by atoms with van der Waals surface area (Å²) in [6, 6.07) is 16.0. The third kappa shape index (κ3) is 7.25. The first-order chi connectivity index (χ1) is 14.9. The minimum Gasteiger partial charge on any atom is -0.360 e. The maximum absolute atomic E-state index is 13.0. The minimum absolute atomic E-state index is 0.0314. The smallest absolute Gasteiger partial charge is 0.238 e. The molecule has 1 unspecified atom stereocenters. The summed E-state index contributed by atoms with van der Waals surface area (Å²) >= 11 is 3.03. The Morgan fingerprint density at radius 3 is 2.61 bits per heavy atom. The third-order valence-corrected chi connectivity index (χ3v) is 6.83. The molecule has 2 amide bonds. The Kier molecular flexibility index (Phi) is 8.31. The van der Waals surface area contributed by atoms with E-state index in [1.807, 2.05) is 23.1 Å². The van der Waals surface area contributed by atoms with E-state index in [1.54, 1.807) is 31.3 Å². The van der Waals surface area contributed by atoms with Crippen LogP contribution < -0.4 is 5.32 Å². The number of hydrogen-bond donors (Lipinski definition) is 1. The lowest BCUT2D eigenvalue weighted by Crippen LogP contribution is -2.34. The van der Waals surface area contributed by atoms with Crippen LogP contribution in [0.5, 0.6) is 0 Å². The van der Waals surface area contributed by atoms with Crippen molar-refractivity contribution in [1.29, 1.82) is 0 Å². The number of carbonyl (C=O) groups excluding carboxylic acids is 2. The average Bonchev–Trinajstić information content (AvgIpc) is 3.37. The van der Waals surface area contributed by atoms with E-state index >= 15 is 0 Å². The van der Waals surface area contributed by atoms with E-state index in [-0.39, 0.29) is 22.8 Å². The number of amides is 2. The molecule has 0 bridgehead atoms. The molecule has 3 aromatic rings. The van der Waals surface area contributed by atoms with Crippen LogP contribution in [0.25, 0.3) is 0 Å². The summed E-state index contributed by atoms with van der Waals surface area (Å²) in [5.41, 5.74) is 1.20. The van der Waals surface area contributed by atoms with E-state index in [4.69, 9.17) is 4.52 Å². The van der Waals surface area contributed by atoms with Gasteiger partial charge in [0.05, 0.1) is 17.5 Å². The number of thioether (sulfide) groups is 1. The first-order valence-electron chi connectivity index (χ1n) is 10.1. The van der Waals surface area contributed by atoms with Crippen molar-refractivity contribution in [2.45, 2.75) is 39.0 Å². The molecule has 6 nitrogen and oxygen atoms in total. The minimum atomic E-state index is -0.388. The topological polar surface area (TPSA) is 75.4 Å². The fourth-order valence-electron chi connectivity index (χ4n) is 2.98. The lowest BCUT2D eigenvalue weighted by atomic mass is 10.1. The molecule has 0 fully saturated rings. The number of rotatable bonds is 10. The fourth-order valence-corrected chi connectivity index (χ4v) is 4.67. The first kappa shape index (κ1) is 23.1. The number of thiophene rings is 1. The summed E-state index contributed by atoms with van der Waals surface area (Å²) < 4.78 is 4.97. The first-order valence-corrected chi connectivity index (χ1v) is 12.0. The molecule has 0 aliphatic rings. The van der Waals surface area contributed by atoms with Crippen molar-refractivity contribution in [1.82, 2.24) is 10.1 Å². The molecule has 31 heavy (non-hydrogen) atoms. The lowest BCUT2D eigenvalue weighted by Gasteiger charge is -2.23. The fraction of sp³-hybridized carbons (Fsp3) is 0.348. The van der Waals surface area contributed by atoms with E-state index in [0.717, 1.165) is 11.3 Å². The van der Waals surface area contributed by atoms with Gasteiger partial charge in [-0.3, -0.25) is 9.59 Å². The van der Waals surface area contributed by atoms with Crippen LogP contribution in [0.3, 0.4) is 0 Å². The number of carbonyl (C=O) groups is 2. The zero-order chi connectivity index (χ0) is 22.2. The van der Waals surface area contributed by atoms with E-state index in [9.17, 15) is 9.59 Å². The molecule has 0 radical (unpaired) electrons. The van der Waals surface area contributed by atoms with Gasteiger partial charge in [-0.05, 0) is 44.9 Å². The van der Waals surface area contributed by atoms with Crippen LogP contribution in [0.2, 0.25) is 0 Å². The molecule has 0 saturated heterocycles. The van der Waals surface area contributed by atoms with Gasteiger partial charge in [-0.15, -0.1) is 23.1 Å². The Bertz CT molecular complexity index is 1000.